The fourth-order valence-corrected chi connectivity index (χ4v) is 1.34. The van der Waals surface area contributed by atoms with E-state index in [1.54, 1.807) is 7.11 Å². The van der Waals surface area contributed by atoms with Gasteiger partial charge in [-0.15, -0.1) is 0 Å². The molecule has 0 bridgehead atoms. The monoisotopic (exact) mass is 191 g/mol. The first kappa shape index (κ1) is 10.8. The zero-order valence-electron chi connectivity index (χ0n) is 9.03. The van der Waals surface area contributed by atoms with E-state index in [0.29, 0.717) is 5.92 Å². The first-order chi connectivity index (χ1) is 6.74. The Bertz CT molecular complexity index is 290. The van der Waals surface area contributed by atoms with Crippen molar-refractivity contribution in [2.45, 2.75) is 20.3 Å². The van der Waals surface area contributed by atoms with E-state index in [0.717, 1.165) is 17.7 Å². The highest BCUT2D eigenvalue weighted by molar-refractivity contribution is 6.00. The lowest BCUT2D eigenvalue weighted by Crippen LogP contribution is -2.05. The molecule has 1 rings (SSSR count). The highest BCUT2D eigenvalue weighted by Crippen LogP contribution is 2.10. The number of benzene rings is 1. The summed E-state index contributed by atoms with van der Waals surface area (Å²) in [5.41, 5.74) is 2.16. The number of hydrogen-bond donors (Lipinski definition) is 0. The summed E-state index contributed by atoms with van der Waals surface area (Å²) in [6, 6.07) is 10.1. The fourth-order valence-electron chi connectivity index (χ4n) is 1.34. The molecule has 0 saturated heterocycles. The van der Waals surface area contributed by atoms with Crippen molar-refractivity contribution in [3.05, 3.63) is 35.9 Å². The van der Waals surface area contributed by atoms with Crippen LogP contribution in [0.15, 0.2) is 35.5 Å². The van der Waals surface area contributed by atoms with Crippen molar-refractivity contribution in [2.24, 2.45) is 11.1 Å². The van der Waals surface area contributed by atoms with Crippen molar-refractivity contribution in [1.29, 1.82) is 0 Å². The second-order valence-electron chi connectivity index (χ2n) is 3.68. The van der Waals surface area contributed by atoms with Crippen LogP contribution in [0.1, 0.15) is 25.8 Å². The molecular formula is C12H17NO. The highest BCUT2D eigenvalue weighted by Gasteiger charge is 2.06. The molecule has 0 saturated carbocycles. The molecule has 0 fully saturated rings. The molecule has 0 radical (unpaired) electrons. The number of rotatable bonds is 4. The van der Waals surface area contributed by atoms with Gasteiger partial charge in [0.15, 0.2) is 0 Å². The Hall–Kier alpha value is -1.31. The maximum absolute atomic E-state index is 4.85. The summed E-state index contributed by atoms with van der Waals surface area (Å²) in [5.74, 6) is 0.587. The second kappa shape index (κ2) is 5.43. The summed E-state index contributed by atoms with van der Waals surface area (Å²) in [7, 11) is 1.59. The quantitative estimate of drug-likeness (QED) is 0.529. The van der Waals surface area contributed by atoms with Crippen molar-refractivity contribution in [3.8, 4) is 0 Å². The van der Waals surface area contributed by atoms with Gasteiger partial charge >= 0.3 is 0 Å². The highest BCUT2D eigenvalue weighted by atomic mass is 16.6. The van der Waals surface area contributed by atoms with Crippen molar-refractivity contribution < 1.29 is 4.84 Å². The Morgan fingerprint density at radius 2 is 1.93 bits per heavy atom. The number of oxime groups is 1. The largest absolute Gasteiger partial charge is 0.399 e. The number of hydrogen-bond acceptors (Lipinski definition) is 2. The molecule has 0 heterocycles. The maximum Gasteiger partial charge on any atom is 0.106 e. The lowest BCUT2D eigenvalue weighted by molar-refractivity contribution is 0.212. The van der Waals surface area contributed by atoms with Crippen LogP contribution >= 0.6 is 0 Å². The molecule has 0 unspecified atom stereocenters. The van der Waals surface area contributed by atoms with E-state index in [1.165, 1.54) is 0 Å². The van der Waals surface area contributed by atoms with Gasteiger partial charge in [-0.25, -0.2) is 0 Å². The molecule has 0 N–H and O–H groups in total. The summed E-state index contributed by atoms with van der Waals surface area (Å²) < 4.78 is 0. The van der Waals surface area contributed by atoms with E-state index >= 15 is 0 Å². The Labute approximate surface area is 85.6 Å². The summed E-state index contributed by atoms with van der Waals surface area (Å²) in [5, 5.41) is 4.05. The minimum Gasteiger partial charge on any atom is -0.399 e. The zero-order valence-corrected chi connectivity index (χ0v) is 9.03. The van der Waals surface area contributed by atoms with E-state index in [9.17, 15) is 0 Å². The summed E-state index contributed by atoms with van der Waals surface area (Å²) in [4.78, 5) is 4.85. The third-order valence-electron chi connectivity index (χ3n) is 1.91. The molecule has 0 spiro atoms. The van der Waals surface area contributed by atoms with Gasteiger partial charge in [-0.05, 0) is 17.9 Å². The summed E-state index contributed by atoms with van der Waals surface area (Å²) in [6.45, 7) is 4.35. The van der Waals surface area contributed by atoms with Crippen molar-refractivity contribution >= 4 is 5.71 Å². The van der Waals surface area contributed by atoms with E-state index in [-0.39, 0.29) is 0 Å². The lowest BCUT2D eigenvalue weighted by atomic mass is 10.0. The van der Waals surface area contributed by atoms with E-state index < -0.39 is 0 Å². The van der Waals surface area contributed by atoms with Crippen LogP contribution in [0.25, 0.3) is 0 Å². The van der Waals surface area contributed by atoms with Crippen LogP contribution < -0.4 is 0 Å². The normalized spacial score (nSPS) is 11.9. The molecule has 0 amide bonds. The lowest BCUT2D eigenvalue weighted by Gasteiger charge is -2.07. The average molecular weight is 191 g/mol. The topological polar surface area (TPSA) is 21.6 Å². The standard InChI is InChI=1S/C12H17NO/c1-10(2)9-12(13-14-3)11-7-5-4-6-8-11/h4-8,10H,9H2,1-3H3/b13-12-. The van der Waals surface area contributed by atoms with Gasteiger partial charge in [0, 0.05) is 0 Å². The molecule has 2 nitrogen and oxygen atoms in total. The molecule has 0 aromatic heterocycles. The zero-order chi connectivity index (χ0) is 10.4. The fraction of sp³-hybridized carbons (Fsp3) is 0.417. The van der Waals surface area contributed by atoms with Gasteiger partial charge in [0.05, 0.1) is 5.71 Å². The van der Waals surface area contributed by atoms with Crippen LogP contribution in [-0.2, 0) is 4.84 Å². The average Bonchev–Trinajstić information content (AvgIpc) is 2.18. The van der Waals surface area contributed by atoms with E-state index in [1.807, 2.05) is 18.2 Å². The predicted molar refractivity (Wildman–Crippen MR) is 59.4 cm³/mol. The predicted octanol–water partition coefficient (Wildman–Crippen LogP) is 3.08. The van der Waals surface area contributed by atoms with Crippen LogP contribution in [0, 0.1) is 5.92 Å². The number of nitrogens with zero attached hydrogens (tertiary/aromatic N) is 1. The van der Waals surface area contributed by atoms with Crippen molar-refractivity contribution in [2.75, 3.05) is 7.11 Å². The minimum absolute atomic E-state index is 0.587. The Kier molecular flexibility index (Phi) is 4.17. The molecule has 2 heteroatoms. The van der Waals surface area contributed by atoms with Gasteiger partial charge in [-0.2, -0.15) is 0 Å². The summed E-state index contributed by atoms with van der Waals surface area (Å²) >= 11 is 0. The summed E-state index contributed by atoms with van der Waals surface area (Å²) in [6.07, 6.45) is 0.942. The SMILES string of the molecule is CO/N=C(/CC(C)C)c1ccccc1. The maximum atomic E-state index is 4.85. The molecular weight excluding hydrogens is 174 g/mol. The molecule has 0 aliphatic rings. The molecule has 0 aliphatic carbocycles. The first-order valence-electron chi connectivity index (χ1n) is 4.89. The molecule has 76 valence electrons. The Balaban J connectivity index is 2.84. The molecule has 1 aromatic rings. The van der Waals surface area contributed by atoms with Gasteiger partial charge in [-0.3, -0.25) is 0 Å². The van der Waals surface area contributed by atoms with Gasteiger partial charge < -0.3 is 4.84 Å². The molecule has 0 atom stereocenters. The van der Waals surface area contributed by atoms with Crippen LogP contribution in [0.3, 0.4) is 0 Å². The van der Waals surface area contributed by atoms with Crippen LogP contribution in [0.5, 0.6) is 0 Å². The van der Waals surface area contributed by atoms with Crippen LogP contribution in [0.2, 0.25) is 0 Å². The van der Waals surface area contributed by atoms with Crippen LogP contribution in [0.4, 0.5) is 0 Å². The van der Waals surface area contributed by atoms with Gasteiger partial charge in [0.25, 0.3) is 0 Å². The smallest absolute Gasteiger partial charge is 0.106 e. The molecule has 0 aliphatic heterocycles. The van der Waals surface area contributed by atoms with Crippen LogP contribution in [-0.4, -0.2) is 12.8 Å². The Morgan fingerprint density at radius 3 is 2.43 bits per heavy atom. The van der Waals surface area contributed by atoms with Gasteiger partial charge in [-0.1, -0.05) is 49.3 Å². The Morgan fingerprint density at radius 1 is 1.29 bits per heavy atom. The van der Waals surface area contributed by atoms with E-state index in [2.05, 4.69) is 31.1 Å². The van der Waals surface area contributed by atoms with Crippen molar-refractivity contribution in [3.63, 3.8) is 0 Å². The van der Waals surface area contributed by atoms with Crippen molar-refractivity contribution in [1.82, 2.24) is 0 Å². The van der Waals surface area contributed by atoms with Gasteiger partial charge in [0.1, 0.15) is 7.11 Å². The second-order valence-corrected chi connectivity index (χ2v) is 3.68. The molecule has 14 heavy (non-hydrogen) atoms. The third-order valence-corrected chi connectivity index (χ3v) is 1.91. The van der Waals surface area contributed by atoms with Gasteiger partial charge in [0.2, 0.25) is 0 Å². The first-order valence-corrected chi connectivity index (χ1v) is 4.89. The van der Waals surface area contributed by atoms with E-state index in [4.69, 9.17) is 4.84 Å². The minimum atomic E-state index is 0.587. The third kappa shape index (κ3) is 3.21. The molecule has 1 aromatic carbocycles.